The third-order valence-corrected chi connectivity index (χ3v) is 4.60. The van der Waals surface area contributed by atoms with Crippen molar-refractivity contribution in [2.24, 2.45) is 5.92 Å². The molecule has 0 aromatic heterocycles. The molecule has 1 aliphatic carbocycles. The van der Waals surface area contributed by atoms with Crippen molar-refractivity contribution in [1.82, 2.24) is 15.1 Å². The van der Waals surface area contributed by atoms with Gasteiger partial charge in [-0.2, -0.15) is 0 Å². The standard InChI is InChI=1S/C13H23N3O.ClH/c17-13(11-2-1-3-11)16-7-4-12(10-16)15-8-5-14-6-9-15;/h11-12,14H,1-10H2;1H. The van der Waals surface area contributed by atoms with Crippen molar-refractivity contribution < 1.29 is 4.79 Å². The molecule has 5 heteroatoms. The molecule has 1 atom stereocenters. The molecule has 1 saturated carbocycles. The number of hydrogen-bond acceptors (Lipinski definition) is 3. The van der Waals surface area contributed by atoms with Crippen molar-refractivity contribution in [3.8, 4) is 0 Å². The Labute approximate surface area is 115 Å². The Morgan fingerprint density at radius 3 is 2.39 bits per heavy atom. The quantitative estimate of drug-likeness (QED) is 0.805. The third kappa shape index (κ3) is 2.81. The maximum atomic E-state index is 12.2. The van der Waals surface area contributed by atoms with E-state index < -0.39 is 0 Å². The molecule has 1 N–H and O–H groups in total. The van der Waals surface area contributed by atoms with E-state index in [9.17, 15) is 4.79 Å². The van der Waals surface area contributed by atoms with Crippen LogP contribution < -0.4 is 5.32 Å². The summed E-state index contributed by atoms with van der Waals surface area (Å²) in [6.45, 7) is 6.48. The van der Waals surface area contributed by atoms with E-state index in [-0.39, 0.29) is 12.4 Å². The number of carbonyl (C=O) groups excluding carboxylic acids is 1. The van der Waals surface area contributed by atoms with Gasteiger partial charge in [0.1, 0.15) is 0 Å². The van der Waals surface area contributed by atoms with Crippen LogP contribution in [0.3, 0.4) is 0 Å². The smallest absolute Gasteiger partial charge is 0.225 e. The summed E-state index contributed by atoms with van der Waals surface area (Å²) in [7, 11) is 0. The number of carbonyl (C=O) groups is 1. The summed E-state index contributed by atoms with van der Waals surface area (Å²) in [5, 5.41) is 3.39. The molecule has 2 saturated heterocycles. The Hall–Kier alpha value is -0.320. The highest BCUT2D eigenvalue weighted by molar-refractivity contribution is 5.85. The molecule has 2 aliphatic heterocycles. The van der Waals surface area contributed by atoms with E-state index in [0.717, 1.165) is 52.1 Å². The monoisotopic (exact) mass is 273 g/mol. The fourth-order valence-electron chi connectivity index (χ4n) is 3.20. The molecule has 0 aromatic carbocycles. The highest BCUT2D eigenvalue weighted by atomic mass is 35.5. The van der Waals surface area contributed by atoms with Gasteiger partial charge in [-0.25, -0.2) is 0 Å². The van der Waals surface area contributed by atoms with Crippen molar-refractivity contribution in [1.29, 1.82) is 0 Å². The number of halogens is 1. The summed E-state index contributed by atoms with van der Waals surface area (Å²) in [6, 6.07) is 0.626. The number of amides is 1. The van der Waals surface area contributed by atoms with E-state index in [1.54, 1.807) is 0 Å². The van der Waals surface area contributed by atoms with Crippen LogP contribution in [0.2, 0.25) is 0 Å². The summed E-state index contributed by atoms with van der Waals surface area (Å²) in [6.07, 6.45) is 4.70. The Kier molecular flexibility index (Phi) is 4.87. The number of likely N-dealkylation sites (tertiary alicyclic amines) is 1. The van der Waals surface area contributed by atoms with Gasteiger partial charge < -0.3 is 10.2 Å². The van der Waals surface area contributed by atoms with Gasteiger partial charge >= 0.3 is 0 Å². The largest absolute Gasteiger partial charge is 0.341 e. The van der Waals surface area contributed by atoms with Crippen LogP contribution in [-0.2, 0) is 4.79 Å². The fourth-order valence-corrected chi connectivity index (χ4v) is 3.20. The van der Waals surface area contributed by atoms with Gasteiger partial charge in [-0.15, -0.1) is 12.4 Å². The molecule has 1 amide bonds. The predicted molar refractivity (Wildman–Crippen MR) is 74.0 cm³/mol. The number of piperazine rings is 1. The number of hydrogen-bond donors (Lipinski definition) is 1. The molecule has 3 fully saturated rings. The van der Waals surface area contributed by atoms with Gasteiger partial charge in [0.15, 0.2) is 0 Å². The second-order valence-corrected chi connectivity index (χ2v) is 5.64. The van der Waals surface area contributed by atoms with Crippen LogP contribution in [0, 0.1) is 5.92 Å². The number of rotatable bonds is 2. The summed E-state index contributed by atoms with van der Waals surface area (Å²) in [4.78, 5) is 16.8. The van der Waals surface area contributed by atoms with Crippen molar-refractivity contribution in [3.63, 3.8) is 0 Å². The SMILES string of the molecule is Cl.O=C(C1CCC1)N1CCC(N2CCNCC2)C1. The van der Waals surface area contributed by atoms with Gasteiger partial charge in [-0.1, -0.05) is 6.42 Å². The van der Waals surface area contributed by atoms with E-state index in [0.29, 0.717) is 17.9 Å². The zero-order valence-corrected chi connectivity index (χ0v) is 11.8. The lowest BCUT2D eigenvalue weighted by Crippen LogP contribution is -2.49. The molecule has 1 unspecified atom stereocenters. The van der Waals surface area contributed by atoms with Gasteiger partial charge in [0, 0.05) is 51.2 Å². The van der Waals surface area contributed by atoms with Crippen LogP contribution in [-0.4, -0.2) is 61.0 Å². The molecule has 0 spiro atoms. The molecule has 2 heterocycles. The Morgan fingerprint density at radius 2 is 1.78 bits per heavy atom. The van der Waals surface area contributed by atoms with Crippen molar-refractivity contribution >= 4 is 18.3 Å². The second-order valence-electron chi connectivity index (χ2n) is 5.64. The molecular weight excluding hydrogens is 250 g/mol. The normalized spacial score (nSPS) is 29.8. The average molecular weight is 274 g/mol. The number of nitrogens with zero attached hydrogens (tertiary/aromatic N) is 2. The summed E-state index contributed by atoms with van der Waals surface area (Å²) in [5.74, 6) is 0.811. The molecule has 3 rings (SSSR count). The van der Waals surface area contributed by atoms with E-state index >= 15 is 0 Å². The van der Waals surface area contributed by atoms with Crippen LogP contribution in [0.1, 0.15) is 25.7 Å². The minimum Gasteiger partial charge on any atom is -0.341 e. The van der Waals surface area contributed by atoms with Gasteiger partial charge in [-0.05, 0) is 19.3 Å². The molecule has 0 aromatic rings. The summed E-state index contributed by atoms with van der Waals surface area (Å²) in [5.41, 5.74) is 0. The number of nitrogens with one attached hydrogen (secondary N) is 1. The Balaban J connectivity index is 0.00000120. The van der Waals surface area contributed by atoms with E-state index in [1.807, 2.05) is 0 Å². The third-order valence-electron chi connectivity index (χ3n) is 4.60. The molecule has 0 radical (unpaired) electrons. The first-order valence-corrected chi connectivity index (χ1v) is 7.08. The average Bonchev–Trinajstić information content (AvgIpc) is 2.77. The lowest BCUT2D eigenvalue weighted by molar-refractivity contribution is -0.137. The van der Waals surface area contributed by atoms with Gasteiger partial charge in [0.05, 0.1) is 0 Å². The van der Waals surface area contributed by atoms with Gasteiger partial charge in [0.2, 0.25) is 5.91 Å². The highest BCUT2D eigenvalue weighted by Gasteiger charge is 2.35. The van der Waals surface area contributed by atoms with Crippen LogP contribution in [0.25, 0.3) is 0 Å². The highest BCUT2D eigenvalue weighted by Crippen LogP contribution is 2.30. The fraction of sp³-hybridized carbons (Fsp3) is 0.923. The molecule has 0 bridgehead atoms. The Bertz CT molecular complexity index is 290. The van der Waals surface area contributed by atoms with Gasteiger partial charge in [0.25, 0.3) is 0 Å². The zero-order chi connectivity index (χ0) is 11.7. The summed E-state index contributed by atoms with van der Waals surface area (Å²) < 4.78 is 0. The van der Waals surface area contributed by atoms with Crippen molar-refractivity contribution in [2.45, 2.75) is 31.7 Å². The van der Waals surface area contributed by atoms with Crippen LogP contribution >= 0.6 is 12.4 Å². The topological polar surface area (TPSA) is 35.6 Å². The lowest BCUT2D eigenvalue weighted by atomic mass is 9.84. The second kappa shape index (κ2) is 6.22. The van der Waals surface area contributed by atoms with Gasteiger partial charge in [-0.3, -0.25) is 9.69 Å². The lowest BCUT2D eigenvalue weighted by Gasteiger charge is -2.33. The van der Waals surface area contributed by atoms with E-state index in [4.69, 9.17) is 0 Å². The molecule has 18 heavy (non-hydrogen) atoms. The first kappa shape index (κ1) is 14.1. The maximum Gasteiger partial charge on any atom is 0.225 e. The maximum absolute atomic E-state index is 12.2. The first-order chi connectivity index (χ1) is 8.34. The summed E-state index contributed by atoms with van der Waals surface area (Å²) >= 11 is 0. The van der Waals surface area contributed by atoms with Crippen molar-refractivity contribution in [3.05, 3.63) is 0 Å². The van der Waals surface area contributed by atoms with Crippen LogP contribution in [0.5, 0.6) is 0 Å². The predicted octanol–water partition coefficient (Wildman–Crippen LogP) is 0.714. The van der Waals surface area contributed by atoms with E-state index in [1.165, 1.54) is 12.8 Å². The molecule has 4 nitrogen and oxygen atoms in total. The zero-order valence-electron chi connectivity index (χ0n) is 10.9. The minimum absolute atomic E-state index is 0. The molecule has 104 valence electrons. The van der Waals surface area contributed by atoms with Crippen molar-refractivity contribution in [2.75, 3.05) is 39.3 Å². The van der Waals surface area contributed by atoms with Crippen LogP contribution in [0.15, 0.2) is 0 Å². The van der Waals surface area contributed by atoms with E-state index in [2.05, 4.69) is 15.1 Å². The Morgan fingerprint density at radius 1 is 1.06 bits per heavy atom. The van der Waals surface area contributed by atoms with Crippen LogP contribution in [0.4, 0.5) is 0 Å². The minimum atomic E-state index is 0. The first-order valence-electron chi connectivity index (χ1n) is 7.08. The molecular formula is C13H24ClN3O. The molecule has 3 aliphatic rings.